The first kappa shape index (κ1) is 33.8. The van der Waals surface area contributed by atoms with E-state index in [2.05, 4.69) is 36.8 Å². The van der Waals surface area contributed by atoms with Gasteiger partial charge in [0.2, 0.25) is 15.9 Å². The van der Waals surface area contributed by atoms with Crippen molar-refractivity contribution in [2.45, 2.75) is 50.2 Å². The Morgan fingerprint density at radius 1 is 1.07 bits per heavy atom. The third-order valence-corrected chi connectivity index (χ3v) is 11.8. The van der Waals surface area contributed by atoms with Gasteiger partial charge >= 0.3 is 0 Å². The Morgan fingerprint density at radius 2 is 1.80 bits per heavy atom. The molecule has 5 rings (SSSR count). The summed E-state index contributed by atoms with van der Waals surface area (Å²) in [7, 11) is -3.66. The van der Waals surface area contributed by atoms with E-state index in [0.717, 1.165) is 36.0 Å². The number of rotatable bonds is 12. The van der Waals surface area contributed by atoms with Crippen LogP contribution in [-0.2, 0) is 14.8 Å². The van der Waals surface area contributed by atoms with E-state index in [-0.39, 0.29) is 28.7 Å². The maximum absolute atomic E-state index is 13.4. The zero-order chi connectivity index (χ0) is 32.0. The number of halogens is 1. The minimum Gasteiger partial charge on any atom is -0.489 e. The highest BCUT2D eigenvalue weighted by molar-refractivity contribution is 9.10. The number of benzene rings is 2. The Balaban J connectivity index is 1.09. The second-order valence-electron chi connectivity index (χ2n) is 12.0. The average molecular weight is 721 g/mol. The van der Waals surface area contributed by atoms with E-state index in [1.54, 1.807) is 18.2 Å². The number of carbonyl (C=O) groups is 2. The van der Waals surface area contributed by atoms with Gasteiger partial charge in [-0.2, -0.15) is 4.31 Å². The third-order valence-electron chi connectivity index (χ3n) is 8.16. The van der Waals surface area contributed by atoms with Gasteiger partial charge in [-0.05, 0) is 89.9 Å². The van der Waals surface area contributed by atoms with E-state index in [4.69, 9.17) is 4.74 Å². The molecule has 1 atom stereocenters. The molecule has 0 aliphatic carbocycles. The van der Waals surface area contributed by atoms with Crippen molar-refractivity contribution >= 4 is 59.2 Å². The first-order valence-electron chi connectivity index (χ1n) is 15.6. The zero-order valence-corrected chi connectivity index (χ0v) is 29.0. The molecule has 3 aromatic rings. The summed E-state index contributed by atoms with van der Waals surface area (Å²) in [6.45, 7) is 8.72. The molecule has 2 aromatic carbocycles. The van der Waals surface area contributed by atoms with E-state index >= 15 is 0 Å². The first-order chi connectivity index (χ1) is 21.6. The third kappa shape index (κ3) is 8.83. The van der Waals surface area contributed by atoms with Crippen LogP contribution in [-0.4, -0.2) is 93.9 Å². The number of piperidine rings is 1. The Kier molecular flexibility index (Phi) is 11.5. The van der Waals surface area contributed by atoms with Crippen LogP contribution in [0, 0.1) is 5.92 Å². The van der Waals surface area contributed by atoms with Gasteiger partial charge < -0.3 is 20.7 Å². The molecule has 2 saturated heterocycles. The summed E-state index contributed by atoms with van der Waals surface area (Å²) < 4.78 is 36.1. The van der Waals surface area contributed by atoms with Crippen molar-refractivity contribution in [3.05, 3.63) is 57.9 Å². The van der Waals surface area contributed by atoms with Gasteiger partial charge in [0.05, 0.1) is 14.2 Å². The van der Waals surface area contributed by atoms with Gasteiger partial charge in [0.15, 0.2) is 0 Å². The number of hydrogen-bond acceptors (Lipinski definition) is 8. The molecule has 0 radical (unpaired) electrons. The SMILES string of the molecule is CC(C)CC(NC(=O)c1cc2ccccc2s1)C(=O)NCCN1CCN(S(=O)(=O)c2ccc(OC3CCNCC3)c(Br)c2)CC1. The summed E-state index contributed by atoms with van der Waals surface area (Å²) in [5.74, 6) is 0.420. The minimum atomic E-state index is -3.66. The largest absolute Gasteiger partial charge is 0.489 e. The fourth-order valence-electron chi connectivity index (χ4n) is 5.66. The molecule has 0 bridgehead atoms. The molecule has 3 heterocycles. The fraction of sp³-hybridized carbons (Fsp3) is 0.500. The second-order valence-corrected chi connectivity index (χ2v) is 15.9. The summed E-state index contributed by atoms with van der Waals surface area (Å²) in [5.41, 5.74) is 0. The average Bonchev–Trinajstić information content (AvgIpc) is 3.47. The first-order valence-corrected chi connectivity index (χ1v) is 18.6. The summed E-state index contributed by atoms with van der Waals surface area (Å²) in [6, 6.07) is 14.0. The molecular formula is C32H42BrN5O5S2. The lowest BCUT2D eigenvalue weighted by atomic mass is 10.0. The number of thiophene rings is 1. The van der Waals surface area contributed by atoms with E-state index in [9.17, 15) is 18.0 Å². The predicted molar refractivity (Wildman–Crippen MR) is 181 cm³/mol. The summed E-state index contributed by atoms with van der Waals surface area (Å²) in [5, 5.41) is 10.2. The van der Waals surface area contributed by atoms with Gasteiger partial charge in [0, 0.05) is 44.0 Å². The number of carbonyl (C=O) groups excluding carboxylic acids is 2. The highest BCUT2D eigenvalue weighted by Crippen LogP contribution is 2.31. The van der Waals surface area contributed by atoms with Crippen LogP contribution in [0.1, 0.15) is 42.8 Å². The molecule has 2 aliphatic rings. The molecule has 10 nitrogen and oxygen atoms in total. The topological polar surface area (TPSA) is 120 Å². The predicted octanol–water partition coefficient (Wildman–Crippen LogP) is 4.06. The molecule has 1 unspecified atom stereocenters. The number of hydrogen-bond donors (Lipinski definition) is 3. The highest BCUT2D eigenvalue weighted by Gasteiger charge is 2.30. The normalized spacial score (nSPS) is 17.8. The van der Waals surface area contributed by atoms with Crippen LogP contribution in [0.15, 0.2) is 57.9 Å². The second kappa shape index (κ2) is 15.4. The van der Waals surface area contributed by atoms with E-state index < -0.39 is 16.1 Å². The van der Waals surface area contributed by atoms with E-state index in [1.807, 2.05) is 44.2 Å². The molecule has 2 aliphatic heterocycles. The van der Waals surface area contributed by atoms with Gasteiger partial charge in [-0.3, -0.25) is 14.5 Å². The van der Waals surface area contributed by atoms with Crippen LogP contribution in [0.3, 0.4) is 0 Å². The Bertz CT molecular complexity index is 1550. The lowest BCUT2D eigenvalue weighted by Gasteiger charge is -2.34. The molecule has 13 heteroatoms. The number of ether oxygens (including phenoxy) is 1. The van der Waals surface area contributed by atoms with Crippen molar-refractivity contribution < 1.29 is 22.7 Å². The van der Waals surface area contributed by atoms with Crippen LogP contribution in [0.5, 0.6) is 5.75 Å². The smallest absolute Gasteiger partial charge is 0.262 e. The van der Waals surface area contributed by atoms with Crippen LogP contribution >= 0.6 is 27.3 Å². The summed E-state index contributed by atoms with van der Waals surface area (Å²) in [4.78, 5) is 29.1. The van der Waals surface area contributed by atoms with Crippen LogP contribution in [0.4, 0.5) is 0 Å². The number of nitrogens with one attached hydrogen (secondary N) is 3. The van der Waals surface area contributed by atoms with Crippen LogP contribution in [0.2, 0.25) is 0 Å². The van der Waals surface area contributed by atoms with Crippen molar-refractivity contribution in [1.82, 2.24) is 25.2 Å². The van der Waals surface area contributed by atoms with E-state index in [0.29, 0.717) is 60.8 Å². The van der Waals surface area contributed by atoms with Crippen molar-refractivity contribution in [2.75, 3.05) is 52.4 Å². The van der Waals surface area contributed by atoms with Crippen molar-refractivity contribution in [3.63, 3.8) is 0 Å². The number of fused-ring (bicyclic) bond motifs is 1. The molecular weight excluding hydrogens is 678 g/mol. The van der Waals surface area contributed by atoms with Crippen LogP contribution in [0.25, 0.3) is 10.1 Å². The molecule has 3 N–H and O–H groups in total. The number of piperazine rings is 1. The number of sulfonamides is 1. The summed E-state index contributed by atoms with van der Waals surface area (Å²) >= 11 is 4.92. The quantitative estimate of drug-likeness (QED) is 0.258. The Morgan fingerprint density at radius 3 is 2.49 bits per heavy atom. The fourth-order valence-corrected chi connectivity index (χ4v) is 8.70. The lowest BCUT2D eigenvalue weighted by molar-refractivity contribution is -0.123. The van der Waals surface area contributed by atoms with Crippen molar-refractivity contribution in [3.8, 4) is 5.75 Å². The lowest BCUT2D eigenvalue weighted by Crippen LogP contribution is -2.52. The van der Waals surface area contributed by atoms with Gasteiger partial charge in [-0.1, -0.05) is 32.0 Å². The highest BCUT2D eigenvalue weighted by atomic mass is 79.9. The maximum Gasteiger partial charge on any atom is 0.262 e. The monoisotopic (exact) mass is 719 g/mol. The zero-order valence-electron chi connectivity index (χ0n) is 25.8. The molecule has 2 fully saturated rings. The standard InChI is InChI=1S/C32H42BrN5O5S2/c1-22(2)19-27(36-32(40)30-20-23-5-3-4-6-29(23)44-30)31(39)35-13-14-37-15-17-38(18-16-37)45(41,42)25-7-8-28(26(33)21-25)43-24-9-11-34-12-10-24/h3-8,20-22,24,27,34H,9-19H2,1-2H3,(H,35,39)(H,36,40). The van der Waals surface area contributed by atoms with E-state index in [1.165, 1.54) is 15.6 Å². The van der Waals surface area contributed by atoms with Gasteiger partial charge in [-0.15, -0.1) is 11.3 Å². The molecule has 0 saturated carbocycles. The maximum atomic E-state index is 13.4. The van der Waals surface area contributed by atoms with Crippen LogP contribution < -0.4 is 20.7 Å². The Hall–Kier alpha value is -2.55. The van der Waals surface area contributed by atoms with Gasteiger partial charge in [0.25, 0.3) is 5.91 Å². The minimum absolute atomic E-state index is 0.120. The van der Waals surface area contributed by atoms with Crippen molar-refractivity contribution in [1.29, 1.82) is 0 Å². The Labute approximate surface area is 278 Å². The van der Waals surface area contributed by atoms with Gasteiger partial charge in [0.1, 0.15) is 17.9 Å². The van der Waals surface area contributed by atoms with Gasteiger partial charge in [-0.25, -0.2) is 8.42 Å². The molecule has 1 aromatic heterocycles. The molecule has 45 heavy (non-hydrogen) atoms. The molecule has 244 valence electrons. The molecule has 0 spiro atoms. The summed E-state index contributed by atoms with van der Waals surface area (Å²) in [6.07, 6.45) is 2.49. The number of amides is 2. The number of nitrogens with zero attached hydrogens (tertiary/aromatic N) is 2. The molecule has 2 amide bonds. The van der Waals surface area contributed by atoms with Crippen molar-refractivity contribution in [2.24, 2.45) is 5.92 Å².